The van der Waals surface area contributed by atoms with Gasteiger partial charge in [0, 0.05) is 31.2 Å². The first-order valence-corrected chi connectivity index (χ1v) is 12.6. The third-order valence-electron chi connectivity index (χ3n) is 7.71. The van der Waals surface area contributed by atoms with Crippen molar-refractivity contribution in [3.8, 4) is 0 Å². The van der Waals surface area contributed by atoms with E-state index in [0.717, 1.165) is 19.3 Å². The van der Waals surface area contributed by atoms with Crippen LogP contribution in [-0.4, -0.2) is 59.6 Å². The molecule has 1 saturated carbocycles. The van der Waals surface area contributed by atoms with Gasteiger partial charge < -0.3 is 19.1 Å². The Morgan fingerprint density at radius 1 is 1.13 bits per heavy atom. The molecule has 8 atom stereocenters. The summed E-state index contributed by atoms with van der Waals surface area (Å²) in [6.07, 6.45) is 3.50. The van der Waals surface area contributed by atoms with Crippen LogP contribution in [0.15, 0.2) is 0 Å². The molecule has 0 aromatic rings. The van der Waals surface area contributed by atoms with E-state index in [4.69, 9.17) is 24.0 Å². The lowest BCUT2D eigenvalue weighted by Crippen LogP contribution is -2.70. The summed E-state index contributed by atoms with van der Waals surface area (Å²) in [6.45, 7) is 12.1. The number of amides is 1. The zero-order valence-corrected chi connectivity index (χ0v) is 19.7. The van der Waals surface area contributed by atoms with Crippen LogP contribution in [-0.2, 0) is 24.0 Å². The molecule has 1 amide bonds. The smallest absolute Gasteiger partial charge is 0.409 e. The fraction of sp³-hybridized carbons (Fsp3) is 0.955. The second-order valence-corrected chi connectivity index (χ2v) is 10.6. The quantitative estimate of drug-likeness (QED) is 0.445. The fourth-order valence-electron chi connectivity index (χ4n) is 5.93. The molecule has 2 bridgehead atoms. The number of carbonyl (C=O) groups is 1. The van der Waals surface area contributed by atoms with E-state index in [2.05, 4.69) is 13.8 Å². The molecule has 1 spiro atoms. The van der Waals surface area contributed by atoms with E-state index in [1.54, 1.807) is 16.7 Å². The maximum atomic E-state index is 12.1. The summed E-state index contributed by atoms with van der Waals surface area (Å²) in [7, 11) is 0. The van der Waals surface area contributed by atoms with Crippen LogP contribution in [0.3, 0.4) is 0 Å². The topological polar surface area (TPSA) is 66.5 Å². The lowest BCUT2D eigenvalue weighted by atomic mass is 9.58. The van der Waals surface area contributed by atoms with Crippen LogP contribution in [0.2, 0.25) is 0 Å². The van der Waals surface area contributed by atoms with Gasteiger partial charge in [0.15, 0.2) is 11.9 Å². The summed E-state index contributed by atoms with van der Waals surface area (Å²) < 4.78 is 18.4. The Bertz CT molecular complexity index is 633. The minimum Gasteiger partial charge on any atom is -0.449 e. The summed E-state index contributed by atoms with van der Waals surface area (Å²) in [4.78, 5) is 25.8. The molecule has 0 N–H and O–H groups in total. The Hall–Kier alpha value is -0.540. The predicted molar refractivity (Wildman–Crippen MR) is 114 cm³/mol. The molecule has 4 aliphatic heterocycles. The van der Waals surface area contributed by atoms with Gasteiger partial charge in [-0.05, 0) is 57.8 Å². The predicted octanol–water partition coefficient (Wildman–Crippen LogP) is 4.41. The standard InChI is InChI=1S/C22H37NO6S/c1-6-23(7-2)20(24)25-12-13-30-18-15(4)17-9-8-14(3)16-10-11-21(5)27-19(26-18)22(16,17)29-28-21/h14-19H,6-13H2,1-5H3/t14-,15-,16+,17+,18+,19-,21+,22-/m1/s1. The van der Waals surface area contributed by atoms with Crippen molar-refractivity contribution < 1.29 is 28.8 Å². The first kappa shape index (κ1) is 22.6. The van der Waals surface area contributed by atoms with Gasteiger partial charge in [0.05, 0.1) is 0 Å². The second kappa shape index (κ2) is 8.77. The molecule has 0 aromatic carbocycles. The summed E-state index contributed by atoms with van der Waals surface area (Å²) in [5.74, 6) is 1.53. The van der Waals surface area contributed by atoms with Gasteiger partial charge in [0.25, 0.3) is 0 Å². The SMILES string of the molecule is CCN(CC)C(=O)OCCS[C@@H]1O[C@@H]2O[C@]3(C)CC[C@H]4[C@H](C)CC[C@@H]([C@H]1C)[C@@]24OO3. The maximum absolute atomic E-state index is 12.1. The van der Waals surface area contributed by atoms with Gasteiger partial charge in [-0.15, -0.1) is 11.8 Å². The van der Waals surface area contributed by atoms with Crippen molar-refractivity contribution in [1.29, 1.82) is 0 Å². The van der Waals surface area contributed by atoms with Crippen LogP contribution < -0.4 is 0 Å². The van der Waals surface area contributed by atoms with Gasteiger partial charge in [0.1, 0.15) is 12.0 Å². The summed E-state index contributed by atoms with van der Waals surface area (Å²) in [5.41, 5.74) is -0.530. The highest BCUT2D eigenvalue weighted by Gasteiger charge is 2.69. The number of nitrogens with zero attached hydrogens (tertiary/aromatic N) is 1. The average molecular weight is 444 g/mol. The van der Waals surface area contributed by atoms with Crippen LogP contribution in [0.4, 0.5) is 4.79 Å². The van der Waals surface area contributed by atoms with E-state index >= 15 is 0 Å². The van der Waals surface area contributed by atoms with E-state index in [9.17, 15) is 4.79 Å². The lowest BCUT2D eigenvalue weighted by molar-refractivity contribution is -0.568. The normalized spacial score (nSPS) is 44.8. The molecular weight excluding hydrogens is 406 g/mol. The van der Waals surface area contributed by atoms with Gasteiger partial charge in [0.2, 0.25) is 5.79 Å². The number of hydrogen-bond donors (Lipinski definition) is 0. The Balaban J connectivity index is 1.42. The van der Waals surface area contributed by atoms with Crippen molar-refractivity contribution in [3.63, 3.8) is 0 Å². The highest BCUT2D eigenvalue weighted by Crippen LogP contribution is 2.61. The molecule has 4 heterocycles. The van der Waals surface area contributed by atoms with Crippen molar-refractivity contribution in [1.82, 2.24) is 4.90 Å². The number of thioether (sulfide) groups is 1. The van der Waals surface area contributed by atoms with Gasteiger partial charge >= 0.3 is 6.09 Å². The Morgan fingerprint density at radius 3 is 2.63 bits per heavy atom. The molecule has 7 nitrogen and oxygen atoms in total. The number of ether oxygens (including phenoxy) is 3. The minimum atomic E-state index is -0.743. The van der Waals surface area contributed by atoms with Crippen molar-refractivity contribution in [2.75, 3.05) is 25.4 Å². The monoisotopic (exact) mass is 443 g/mol. The zero-order chi connectivity index (χ0) is 21.5. The minimum absolute atomic E-state index is 0.0154. The van der Waals surface area contributed by atoms with Crippen LogP contribution in [0, 0.1) is 23.7 Å². The molecule has 172 valence electrons. The molecule has 1 aliphatic carbocycles. The molecule has 5 fully saturated rings. The third kappa shape index (κ3) is 3.76. The van der Waals surface area contributed by atoms with Crippen LogP contribution in [0.5, 0.6) is 0 Å². The highest BCUT2D eigenvalue weighted by atomic mass is 32.2. The summed E-state index contributed by atoms with van der Waals surface area (Å²) in [6, 6.07) is 0. The zero-order valence-electron chi connectivity index (χ0n) is 18.9. The number of carbonyl (C=O) groups excluding carboxylic acids is 1. The lowest BCUT2D eigenvalue weighted by Gasteiger charge is -2.60. The first-order chi connectivity index (χ1) is 14.3. The third-order valence-corrected chi connectivity index (χ3v) is 8.98. The molecule has 5 aliphatic rings. The average Bonchev–Trinajstić information content (AvgIpc) is 2.95. The van der Waals surface area contributed by atoms with Gasteiger partial charge in [-0.1, -0.05) is 13.8 Å². The van der Waals surface area contributed by atoms with Gasteiger partial charge in [-0.2, -0.15) is 0 Å². The van der Waals surface area contributed by atoms with E-state index < -0.39 is 17.7 Å². The number of fused-ring (bicyclic) bond motifs is 2. The van der Waals surface area contributed by atoms with Crippen LogP contribution in [0.25, 0.3) is 0 Å². The molecule has 30 heavy (non-hydrogen) atoms. The molecule has 8 heteroatoms. The molecule has 0 aromatic heterocycles. The van der Waals surface area contributed by atoms with Gasteiger partial charge in [-0.25, -0.2) is 14.6 Å². The fourth-order valence-corrected chi connectivity index (χ4v) is 7.01. The van der Waals surface area contributed by atoms with Crippen LogP contribution in [0.1, 0.15) is 60.3 Å². The van der Waals surface area contributed by atoms with E-state index in [1.165, 1.54) is 6.42 Å². The first-order valence-electron chi connectivity index (χ1n) is 11.6. The Kier molecular flexibility index (Phi) is 6.62. The van der Waals surface area contributed by atoms with Crippen molar-refractivity contribution in [3.05, 3.63) is 0 Å². The molecular formula is C22H37NO6S. The van der Waals surface area contributed by atoms with E-state index in [1.807, 2.05) is 20.8 Å². The summed E-state index contributed by atoms with van der Waals surface area (Å²) in [5, 5.41) is 0. The van der Waals surface area contributed by atoms with E-state index in [-0.39, 0.29) is 11.5 Å². The molecule has 5 rings (SSSR count). The van der Waals surface area contributed by atoms with Crippen molar-refractivity contribution in [2.24, 2.45) is 23.7 Å². The summed E-state index contributed by atoms with van der Waals surface area (Å²) >= 11 is 1.71. The molecule has 0 radical (unpaired) electrons. The number of rotatable bonds is 6. The van der Waals surface area contributed by atoms with Crippen molar-refractivity contribution in [2.45, 2.75) is 83.4 Å². The largest absolute Gasteiger partial charge is 0.449 e. The Labute approximate surface area is 184 Å². The number of hydrogen-bond acceptors (Lipinski definition) is 7. The molecule has 4 saturated heterocycles. The Morgan fingerprint density at radius 2 is 1.90 bits per heavy atom. The van der Waals surface area contributed by atoms with E-state index in [0.29, 0.717) is 49.1 Å². The second-order valence-electron chi connectivity index (χ2n) is 9.43. The maximum Gasteiger partial charge on any atom is 0.409 e. The van der Waals surface area contributed by atoms with Crippen molar-refractivity contribution >= 4 is 17.9 Å². The van der Waals surface area contributed by atoms with Crippen LogP contribution >= 0.6 is 11.8 Å². The highest BCUT2D eigenvalue weighted by molar-refractivity contribution is 7.99. The molecule has 0 unspecified atom stereocenters. The van der Waals surface area contributed by atoms with Gasteiger partial charge in [-0.3, -0.25) is 0 Å².